The maximum absolute atomic E-state index is 14.7. The first-order valence-electron chi connectivity index (χ1n) is 51.2. The van der Waals surface area contributed by atoms with Crippen molar-refractivity contribution >= 4 is 155 Å². The van der Waals surface area contributed by atoms with Gasteiger partial charge in [-0.2, -0.15) is 5.21 Å². The fraction of sp³-hybridized carbons (Fsp3) is 0.558. The Morgan fingerprint density at radius 1 is 0.427 bits per heavy atom. The average molecular weight is 2190 g/mol. The van der Waals surface area contributed by atoms with Gasteiger partial charge >= 0.3 is 53.4 Å². The van der Waals surface area contributed by atoms with Gasteiger partial charge in [-0.25, -0.2) is 29.0 Å². The van der Waals surface area contributed by atoms with Gasteiger partial charge in [0.05, 0.1) is 48.0 Å². The number of carbonyl (C=O) groups excluding carboxylic acids is 10. The summed E-state index contributed by atoms with van der Waals surface area (Å²) in [5, 5.41) is 22.7. The number of H-pyrrole nitrogens is 1. The van der Waals surface area contributed by atoms with E-state index in [2.05, 4.69) is 167 Å². The molecule has 29 nitrogen and oxygen atoms in total. The second-order valence-corrected chi connectivity index (χ2v) is 49.3. The Labute approximate surface area is 940 Å². The van der Waals surface area contributed by atoms with Crippen LogP contribution in [0.2, 0.25) is 30.1 Å². The summed E-state index contributed by atoms with van der Waals surface area (Å²) in [6.07, 6.45) is 12.8. The van der Waals surface area contributed by atoms with Gasteiger partial charge in [-0.15, -0.1) is 10.2 Å². The quantitative estimate of drug-likeness (QED) is 0.0141. The Kier molecular flexibility index (Phi) is 48.1. The number of aromatic nitrogens is 4. The van der Waals surface area contributed by atoms with E-state index < -0.39 is 34.9 Å². The molecule has 37 heteroatoms. The topological polar surface area (TPSA) is 349 Å². The number of ether oxygens (including phenoxy) is 2. The minimum Gasteiger partial charge on any atom is -0.793 e. The zero-order chi connectivity index (χ0) is 111. The van der Waals surface area contributed by atoms with Crippen LogP contribution in [0.5, 0.6) is 0 Å². The SMILES string of the molecule is CC(=O)OOC(C)=O.CC(C)(C)CC=O.CC(C)(C)CC[C@H](c1ccc(C(=O)NCc2nn[nH]n2)cc1)N1C(=O)C(c2cc(Cl)cc(Cl)c2)=NC12CCN(CCC(C)(C)C)CC2.CC(C)OC(=O)c1ccc([C@@H](CCC(C)(C)C)N2C(=O)C(c3cc(Cl)cc(Cl)c3)=NC23CCN(CCC(C)(C)C)CC3)cc1.CC(C)OC(=O)c1ccc([C@@H](CCC(C)(C)C)N2C(=O)C(c3cc(Cl)cc(Cl)c3)=NC23CCNCC3)cc1.[B-]OC(C)=O.[Na+]. The third-order valence-corrected chi connectivity index (χ3v) is 27.0. The molecule has 3 spiro atoms. The van der Waals surface area contributed by atoms with Crippen LogP contribution in [0, 0.1) is 32.5 Å². The van der Waals surface area contributed by atoms with E-state index in [9.17, 15) is 47.9 Å². The number of benzene rings is 6. The number of carbonyl (C=O) groups is 10. The molecule has 0 unspecified atom stereocenters. The van der Waals surface area contributed by atoms with Crippen molar-refractivity contribution in [3.63, 3.8) is 0 Å². The normalized spacial score (nSPS) is 16.6. The average Bonchev–Trinajstić information content (AvgIpc) is 1.59. The molecule has 13 rings (SSSR count). The molecule has 0 saturated carbocycles. The van der Waals surface area contributed by atoms with Gasteiger partial charge in [0.15, 0.2) is 5.82 Å². The Balaban J connectivity index is 0.000000278. The number of hydrogen-bond donors (Lipinski definition) is 3. The van der Waals surface area contributed by atoms with E-state index in [1.54, 1.807) is 66.7 Å². The van der Waals surface area contributed by atoms with Crippen LogP contribution < -0.4 is 40.2 Å². The number of hydrogen-bond acceptors (Lipinski definition) is 24. The first-order valence-corrected chi connectivity index (χ1v) is 53.4. The summed E-state index contributed by atoms with van der Waals surface area (Å²) in [6.45, 7) is 57.7. The van der Waals surface area contributed by atoms with Crippen LogP contribution in [0.4, 0.5) is 0 Å². The summed E-state index contributed by atoms with van der Waals surface area (Å²) >= 11 is 38.3. The number of halogens is 6. The summed E-state index contributed by atoms with van der Waals surface area (Å²) in [7, 11) is 4.32. The maximum atomic E-state index is 14.7. The number of rotatable bonds is 27. The Bertz CT molecular complexity index is 5730. The van der Waals surface area contributed by atoms with Crippen LogP contribution in [0.15, 0.2) is 142 Å². The second kappa shape index (κ2) is 56.4. The molecule has 4 amide bonds. The summed E-state index contributed by atoms with van der Waals surface area (Å²) in [5.74, 6) is -2.63. The standard InChI is InChI=1S/C36H49Cl2N3O3.C35H46Cl2N8O2.C30H37Cl2N3O3.C6H12O.C4H6O4.C2H3BO2.Na/c1-24(2)44-33(43)26-11-9-25(10-12-26)30(13-14-34(3,4)5)41-32(42)31(27-21-28(37)23-29(38)22-27)39-36(41)16-19-40(20-17-36)18-15-35(6,7)8;1-33(2,3)12-11-28(23-7-9-24(10-8-23)31(46)38-22-29-40-42-43-41-29)45-32(47)30(25-19-26(36)21-27(37)20-25)39-35(45)14-17-44(18-15-35)16-13-34(4,5)6;1-19(2)38-28(37)21-8-6-20(7-9-21)25(10-11-29(3,4)5)35-27(36)26(22-16-23(31)18-24(32)17-22)34-30(35)12-14-33-15-13-30;1-6(2,3)4-5-7;1-3(5)7-8-4(2)6;1-2(4)5-3;/h9-12,21-24,30H,13-20H2,1-8H3;7-10,19-21,28H,11-18,22H2,1-6H3,(H,38,46)(H,40,41,42,43);6-9,16-19,25,33H,10-15H2,1-5H3;5H,4H2,1-3H3;1-2H3;1H3;/q;;;;;-1;+1/t30-;28-;25-;;;;/m111..../s1. The van der Waals surface area contributed by atoms with Crippen molar-refractivity contribution < 1.29 is 101 Å². The molecule has 0 aliphatic carbocycles. The number of piperidine rings is 3. The first-order chi connectivity index (χ1) is 69.4. The maximum Gasteiger partial charge on any atom is 1.00 e. The number of nitrogens with one attached hydrogen (secondary N) is 3. The van der Waals surface area contributed by atoms with E-state index in [0.29, 0.717) is 106 Å². The van der Waals surface area contributed by atoms with Crippen LogP contribution in [0.1, 0.15) is 358 Å². The number of aromatic amines is 1. The number of aldehydes is 1. The predicted octanol–water partition coefficient (Wildman–Crippen LogP) is 21.0. The van der Waals surface area contributed by atoms with E-state index >= 15 is 0 Å². The van der Waals surface area contributed by atoms with Crippen molar-refractivity contribution in [1.29, 1.82) is 0 Å². The van der Waals surface area contributed by atoms with E-state index in [1.165, 1.54) is 6.92 Å². The van der Waals surface area contributed by atoms with E-state index in [1.807, 2.05) is 124 Å². The van der Waals surface area contributed by atoms with E-state index in [0.717, 1.165) is 166 Å². The van der Waals surface area contributed by atoms with E-state index in [4.69, 9.17) is 94.1 Å². The molecule has 3 saturated heterocycles. The minimum atomic E-state index is -0.706. The van der Waals surface area contributed by atoms with Crippen molar-refractivity contribution in [2.75, 3.05) is 52.4 Å². The van der Waals surface area contributed by atoms with Crippen LogP contribution in [-0.2, 0) is 64.0 Å². The zero-order valence-electron chi connectivity index (χ0n) is 92.4. The fourth-order valence-corrected chi connectivity index (χ4v) is 19.5. The molecule has 7 heterocycles. The number of amides is 4. The largest absolute Gasteiger partial charge is 1.00 e. The second-order valence-electron chi connectivity index (χ2n) is 46.7. The van der Waals surface area contributed by atoms with Gasteiger partial charge in [0, 0.05) is 144 Å². The molecule has 7 aromatic rings. The molecular weight excluding hydrogens is 2040 g/mol. The summed E-state index contributed by atoms with van der Waals surface area (Å²) < 4.78 is 14.4. The molecule has 0 bridgehead atoms. The molecule has 6 aliphatic rings. The van der Waals surface area contributed by atoms with Crippen LogP contribution in [-0.4, -0.2) is 212 Å². The smallest absolute Gasteiger partial charge is 0.793 e. The van der Waals surface area contributed by atoms with Crippen molar-refractivity contribution in [2.24, 2.45) is 47.5 Å². The van der Waals surface area contributed by atoms with Gasteiger partial charge in [0.2, 0.25) is 5.97 Å². The number of likely N-dealkylation sites (tertiary alicyclic amines) is 2. The minimum absolute atomic E-state index is 0. The Hall–Kier alpha value is -9.02. The number of aliphatic imine (C=N–C) groups is 3. The van der Waals surface area contributed by atoms with Gasteiger partial charge in [-0.3, -0.25) is 38.9 Å². The predicted molar refractivity (Wildman–Crippen MR) is 591 cm³/mol. The van der Waals surface area contributed by atoms with Gasteiger partial charge in [-0.05, 0) is 245 Å². The zero-order valence-corrected chi connectivity index (χ0v) is 99.0. The molecule has 150 heavy (non-hydrogen) atoms. The Morgan fingerprint density at radius 2 is 0.713 bits per heavy atom. The molecule has 811 valence electrons. The first kappa shape index (κ1) is 128. The van der Waals surface area contributed by atoms with Crippen molar-refractivity contribution in [1.82, 2.24) is 55.8 Å². The van der Waals surface area contributed by atoms with Crippen molar-refractivity contribution in [3.8, 4) is 0 Å². The number of tetrazole rings is 1. The fourth-order valence-electron chi connectivity index (χ4n) is 17.9. The third kappa shape index (κ3) is 40.1. The molecule has 6 aromatic carbocycles. The number of nitrogens with zero attached hydrogens (tertiary/aromatic N) is 11. The third-order valence-electron chi connectivity index (χ3n) is 25.7. The summed E-state index contributed by atoms with van der Waals surface area (Å²) in [4.78, 5) is 155. The van der Waals surface area contributed by atoms with Gasteiger partial charge in [0.25, 0.3) is 23.6 Å². The Morgan fingerprint density at radius 3 is 0.953 bits per heavy atom. The summed E-state index contributed by atoms with van der Waals surface area (Å²) in [5.41, 5.74) is 6.36. The van der Waals surface area contributed by atoms with Gasteiger partial charge < -0.3 is 62.1 Å². The van der Waals surface area contributed by atoms with Crippen LogP contribution in [0.3, 0.4) is 0 Å². The molecule has 3 radical (unpaired) electrons. The monoisotopic (exact) mass is 2190 g/mol. The van der Waals surface area contributed by atoms with Gasteiger partial charge in [0.1, 0.15) is 40.4 Å². The molecule has 1 aromatic heterocycles. The molecule has 3 atom stereocenters. The molecular formula is C113H153BCl6N14NaO15. The number of esters is 2. The van der Waals surface area contributed by atoms with Gasteiger partial charge in [-0.1, -0.05) is 236 Å². The van der Waals surface area contributed by atoms with Crippen LogP contribution in [0.25, 0.3) is 0 Å². The van der Waals surface area contributed by atoms with Crippen molar-refractivity contribution in [3.05, 3.63) is 213 Å². The van der Waals surface area contributed by atoms with E-state index in [-0.39, 0.29) is 134 Å². The van der Waals surface area contributed by atoms with Crippen molar-refractivity contribution in [2.45, 2.75) is 323 Å². The molecule has 3 N–H and O–H groups in total. The van der Waals surface area contributed by atoms with Crippen LogP contribution >= 0.6 is 69.6 Å². The molecule has 6 aliphatic heterocycles. The summed E-state index contributed by atoms with van der Waals surface area (Å²) in [6, 6.07) is 37.5. The molecule has 3 fully saturated rings.